The molecule has 0 radical (unpaired) electrons. The number of aryl methyl sites for hydroxylation is 1. The van der Waals surface area contributed by atoms with Gasteiger partial charge in [0, 0.05) is 42.9 Å². The number of nitrogens with zero attached hydrogens (tertiary/aromatic N) is 5. The topological polar surface area (TPSA) is 249 Å². The fourth-order valence-corrected chi connectivity index (χ4v) is 7.90. The average Bonchev–Trinajstić information content (AvgIpc) is 4.21. The lowest BCUT2D eigenvalue weighted by atomic mass is 9.82. The molecule has 6 rings (SSSR count). The zero-order chi connectivity index (χ0) is 52.0. The molecular weight excluding hydrogens is 980 g/mol. The number of hydrogen-bond donors (Lipinski definition) is 0. The average molecular weight is 1040 g/mol. The highest BCUT2D eigenvalue weighted by atomic mass is 35.5. The number of benzene rings is 2. The molecule has 3 aliphatic rings. The van der Waals surface area contributed by atoms with E-state index in [0.29, 0.717) is 37.3 Å². The molecule has 25 heteroatoms. The van der Waals surface area contributed by atoms with Crippen LogP contribution in [-0.2, 0) is 55.9 Å². The Balaban J connectivity index is 0.00000183. The van der Waals surface area contributed by atoms with Gasteiger partial charge in [-0.05, 0) is 86.4 Å². The van der Waals surface area contributed by atoms with Gasteiger partial charge in [-0.15, -0.1) is 20.2 Å². The third kappa shape index (κ3) is 17.0. The van der Waals surface area contributed by atoms with E-state index in [1.54, 1.807) is 11.1 Å². The van der Waals surface area contributed by atoms with Crippen molar-refractivity contribution in [2.24, 2.45) is 0 Å². The summed E-state index contributed by atoms with van der Waals surface area (Å²) in [5.74, 6) is -1.74. The van der Waals surface area contributed by atoms with Crippen molar-refractivity contribution in [2.75, 3.05) is 86.4 Å². The maximum Gasteiger partial charge on any atom is 0.508 e. The quantitative estimate of drug-likeness (QED) is 0.0248. The number of ether oxygens (including phenoxy) is 8. The summed E-state index contributed by atoms with van der Waals surface area (Å²) < 4.78 is 71.8. The minimum Gasteiger partial charge on any atom is -0.489 e. The number of fused-ring (bicyclic) bond motifs is 2. The highest BCUT2D eigenvalue weighted by molar-refractivity contribution is 6.32. The summed E-state index contributed by atoms with van der Waals surface area (Å²) in [5.41, 5.74) is 4.46. The predicted octanol–water partition coefficient (Wildman–Crippen LogP) is 6.90. The number of hydrogen-bond acceptors (Lipinski definition) is 18. The number of amides is 2. The summed E-state index contributed by atoms with van der Waals surface area (Å²) in [7, 11) is 1.00. The van der Waals surface area contributed by atoms with Gasteiger partial charge in [0.25, 0.3) is 16.1 Å². The van der Waals surface area contributed by atoms with Gasteiger partial charge >= 0.3 is 12.2 Å². The van der Waals surface area contributed by atoms with Gasteiger partial charge in [0.15, 0.2) is 11.6 Å². The summed E-state index contributed by atoms with van der Waals surface area (Å²) in [4.78, 5) is 75.8. The van der Waals surface area contributed by atoms with Crippen molar-refractivity contribution in [3.8, 4) is 11.6 Å². The summed E-state index contributed by atoms with van der Waals surface area (Å²) in [6.07, 6.45) is 3.44. The van der Waals surface area contributed by atoms with Crippen LogP contribution in [0.2, 0.25) is 5.02 Å². The van der Waals surface area contributed by atoms with Crippen LogP contribution < -0.4 is 9.47 Å². The van der Waals surface area contributed by atoms with Crippen molar-refractivity contribution >= 4 is 35.3 Å². The van der Waals surface area contributed by atoms with Gasteiger partial charge < -0.3 is 52.5 Å². The Bertz CT molecular complexity index is 2330. The molecule has 2 atom stereocenters. The molecule has 0 N–H and O–H groups in total. The number of halogens is 3. The van der Waals surface area contributed by atoms with E-state index in [2.05, 4.69) is 14.7 Å². The standard InChI is InChI=1S/C46H55ClF2N4O14.CH3NO3/c1-3-59-20-24-66-46(56)65-19-5-18-63-43-30(2)33(15-16-50-43)27-51(34-11-12-34)44(54)40-36(26-35-28-61-29-39(40)52(35)45(55)64-23-21-60-22-25-67-53(57)58)32-9-7-31(8-10-32)6-4-17-62-42-38(49)14-13-37(48)41(42)47;1-5-2(3)4/h7-10,13-16,34-35,39H,3-6,11-12,17-29H2,1-2H3;1H3. The Kier molecular flexibility index (Phi) is 22.7. The number of pyridine rings is 1. The predicted molar refractivity (Wildman–Crippen MR) is 249 cm³/mol. The molecule has 2 aromatic carbocycles. The molecule has 1 aromatic heterocycles. The number of carbonyl (C=O) groups excluding carboxylic acids is 3. The fourth-order valence-electron chi connectivity index (χ4n) is 7.69. The minimum atomic E-state index is -0.921. The monoisotopic (exact) mass is 1040 g/mol. The molecule has 2 bridgehead atoms. The Morgan fingerprint density at radius 1 is 0.847 bits per heavy atom. The van der Waals surface area contributed by atoms with Gasteiger partial charge in [-0.3, -0.25) is 9.69 Å². The first-order chi connectivity index (χ1) is 34.7. The second-order valence-electron chi connectivity index (χ2n) is 16.1. The Labute approximate surface area is 418 Å². The van der Waals surface area contributed by atoms with Gasteiger partial charge in [0.1, 0.15) is 30.7 Å². The normalized spacial score (nSPS) is 15.9. The van der Waals surface area contributed by atoms with E-state index >= 15 is 4.79 Å². The summed E-state index contributed by atoms with van der Waals surface area (Å²) in [6.45, 7) is 4.93. The van der Waals surface area contributed by atoms with Crippen molar-refractivity contribution in [1.82, 2.24) is 14.8 Å². The van der Waals surface area contributed by atoms with Gasteiger partial charge in [-0.25, -0.2) is 23.4 Å². The third-order valence-electron chi connectivity index (χ3n) is 11.3. The van der Waals surface area contributed by atoms with Crippen molar-refractivity contribution in [1.29, 1.82) is 0 Å². The molecule has 72 heavy (non-hydrogen) atoms. The second-order valence-corrected chi connectivity index (χ2v) is 16.5. The van der Waals surface area contributed by atoms with Gasteiger partial charge in [0.2, 0.25) is 5.88 Å². The number of rotatable bonds is 27. The summed E-state index contributed by atoms with van der Waals surface area (Å²) >= 11 is 5.92. The van der Waals surface area contributed by atoms with Gasteiger partial charge in [-0.1, -0.05) is 35.9 Å². The molecular formula is C47H58ClF2N5O17. The lowest BCUT2D eigenvalue weighted by Gasteiger charge is -2.47. The molecule has 22 nitrogen and oxygen atoms in total. The number of morpholine rings is 1. The van der Waals surface area contributed by atoms with Crippen LogP contribution in [0, 0.1) is 38.8 Å². The lowest BCUT2D eigenvalue weighted by Crippen LogP contribution is -2.60. The van der Waals surface area contributed by atoms with Gasteiger partial charge in [0.05, 0.1) is 72.0 Å². The molecule has 0 spiro atoms. The van der Waals surface area contributed by atoms with Crippen LogP contribution in [0.1, 0.15) is 61.3 Å². The molecule has 2 amide bonds. The molecule has 3 heterocycles. The van der Waals surface area contributed by atoms with Crippen molar-refractivity contribution < 1.29 is 80.9 Å². The molecule has 1 saturated heterocycles. The van der Waals surface area contributed by atoms with E-state index in [9.17, 15) is 28.5 Å². The van der Waals surface area contributed by atoms with Crippen LogP contribution in [0.15, 0.2) is 54.2 Å². The molecule has 394 valence electrons. The summed E-state index contributed by atoms with van der Waals surface area (Å²) in [6, 6.07) is 10.1. The van der Waals surface area contributed by atoms with E-state index < -0.39 is 51.2 Å². The maximum absolute atomic E-state index is 15.2. The summed E-state index contributed by atoms with van der Waals surface area (Å²) in [5, 5.41) is 17.2. The third-order valence-corrected chi connectivity index (χ3v) is 11.7. The minimum absolute atomic E-state index is 0.0302. The highest BCUT2D eigenvalue weighted by Crippen LogP contribution is 2.41. The second kappa shape index (κ2) is 29.0. The van der Waals surface area contributed by atoms with E-state index in [4.69, 9.17) is 59.6 Å². The van der Waals surface area contributed by atoms with Crippen LogP contribution in [0.4, 0.5) is 18.4 Å². The van der Waals surface area contributed by atoms with Crippen molar-refractivity contribution in [3.63, 3.8) is 0 Å². The molecule has 2 aliphatic heterocycles. The van der Waals surface area contributed by atoms with E-state index in [1.165, 1.54) is 0 Å². The Hall–Kier alpha value is -6.63. The zero-order valence-corrected chi connectivity index (χ0v) is 40.9. The largest absolute Gasteiger partial charge is 0.508 e. The van der Waals surface area contributed by atoms with Crippen LogP contribution in [-0.4, -0.2) is 148 Å². The highest BCUT2D eigenvalue weighted by Gasteiger charge is 2.48. The molecule has 3 aromatic rings. The van der Waals surface area contributed by atoms with E-state index in [0.717, 1.165) is 59.9 Å². The van der Waals surface area contributed by atoms with Crippen molar-refractivity contribution in [2.45, 2.75) is 77.0 Å². The lowest BCUT2D eigenvalue weighted by molar-refractivity contribution is -0.758. The Morgan fingerprint density at radius 2 is 1.53 bits per heavy atom. The zero-order valence-electron chi connectivity index (χ0n) is 40.1. The van der Waals surface area contributed by atoms with Crippen LogP contribution in [0.25, 0.3) is 5.57 Å². The number of aromatic nitrogens is 1. The van der Waals surface area contributed by atoms with E-state index in [-0.39, 0.29) is 103 Å². The first-order valence-corrected chi connectivity index (χ1v) is 23.5. The molecule has 2 unspecified atom stereocenters. The van der Waals surface area contributed by atoms with Crippen LogP contribution in [0.5, 0.6) is 11.6 Å². The van der Waals surface area contributed by atoms with Crippen molar-refractivity contribution in [3.05, 3.63) is 113 Å². The van der Waals surface area contributed by atoms with Crippen LogP contribution in [0.3, 0.4) is 0 Å². The molecule has 1 saturated carbocycles. The van der Waals surface area contributed by atoms with E-state index in [1.807, 2.05) is 49.1 Å². The first-order valence-electron chi connectivity index (χ1n) is 23.1. The fraction of sp³-hybridized carbons (Fsp3) is 0.532. The molecule has 1 aliphatic carbocycles. The first kappa shape index (κ1) is 56.3. The maximum atomic E-state index is 15.2. The number of carbonyl (C=O) groups is 3. The molecule has 2 fully saturated rings. The van der Waals surface area contributed by atoms with Gasteiger partial charge in [-0.2, -0.15) is 0 Å². The smallest absolute Gasteiger partial charge is 0.489 e. The Morgan fingerprint density at radius 3 is 2.24 bits per heavy atom. The van der Waals surface area contributed by atoms with Crippen LogP contribution >= 0.6 is 11.6 Å². The SMILES string of the molecule is CCOCCOC(=O)OCCCOc1nccc(CN(C(=O)C2=C(c3ccc(CCCOc4c(F)ccc(F)c4Cl)cc3)CC3COCC2N3C(=O)OCCOCCO[N+](=O)[O-])C2CC2)c1C.CO[N+](=O)[O-].